The number of hydrogen-bond donors (Lipinski definition) is 3. The van der Waals surface area contributed by atoms with E-state index in [1.165, 1.54) is 12.8 Å². The van der Waals surface area contributed by atoms with Crippen molar-refractivity contribution in [1.29, 1.82) is 0 Å². The monoisotopic (exact) mass is 345 g/mol. The first kappa shape index (κ1) is 28.7. The van der Waals surface area contributed by atoms with Crippen molar-refractivity contribution in [2.75, 3.05) is 13.1 Å². The van der Waals surface area contributed by atoms with E-state index in [0.29, 0.717) is 17.5 Å². The Kier molecular flexibility index (Phi) is 19.5. The zero-order valence-electron chi connectivity index (χ0n) is 18.9. The minimum atomic E-state index is 0.333. The molecule has 0 aliphatic heterocycles. The lowest BCUT2D eigenvalue weighted by molar-refractivity contribution is 0.298. The Bertz CT molecular complexity index is 243. The first-order valence-electron chi connectivity index (χ1n) is 9.92. The van der Waals surface area contributed by atoms with Crippen molar-refractivity contribution in [1.82, 2.24) is 5.32 Å². The summed E-state index contributed by atoms with van der Waals surface area (Å²) in [4.78, 5) is 0. The molecule has 0 spiro atoms. The Morgan fingerprint density at radius 3 is 1.46 bits per heavy atom. The number of nitrogens with two attached hydrogens (primary N) is 2. The molecule has 1 unspecified atom stereocenters. The molecular formula is C21H51N3. The van der Waals surface area contributed by atoms with Gasteiger partial charge in [0.05, 0.1) is 0 Å². The lowest BCUT2D eigenvalue weighted by atomic mass is 9.84. The third-order valence-electron chi connectivity index (χ3n) is 3.26. The number of rotatable bonds is 8. The van der Waals surface area contributed by atoms with Gasteiger partial charge in [-0.2, -0.15) is 0 Å². The zero-order chi connectivity index (χ0) is 19.9. The molecule has 0 fully saturated rings. The summed E-state index contributed by atoms with van der Waals surface area (Å²) in [7, 11) is 0. The predicted molar refractivity (Wildman–Crippen MR) is 113 cm³/mol. The van der Waals surface area contributed by atoms with Gasteiger partial charge in [-0.1, -0.05) is 76.2 Å². The van der Waals surface area contributed by atoms with E-state index in [-0.39, 0.29) is 0 Å². The largest absolute Gasteiger partial charge is 0.330 e. The quantitative estimate of drug-likeness (QED) is 0.577. The lowest BCUT2D eigenvalue weighted by Gasteiger charge is -2.24. The highest BCUT2D eigenvalue weighted by Gasteiger charge is 2.16. The molecule has 0 aliphatic carbocycles. The molecule has 0 aromatic carbocycles. The second-order valence-electron chi connectivity index (χ2n) is 9.51. The molecule has 0 saturated heterocycles. The first-order valence-corrected chi connectivity index (χ1v) is 9.92. The van der Waals surface area contributed by atoms with Gasteiger partial charge in [0.15, 0.2) is 0 Å². The van der Waals surface area contributed by atoms with E-state index in [1.54, 1.807) is 0 Å². The molecule has 24 heavy (non-hydrogen) atoms. The molecule has 0 radical (unpaired) electrons. The van der Waals surface area contributed by atoms with Crippen molar-refractivity contribution in [3.05, 3.63) is 0 Å². The third kappa shape index (κ3) is 33.5. The predicted octanol–water partition coefficient (Wildman–Crippen LogP) is 5.04. The Hall–Kier alpha value is -0.120. The molecular weight excluding hydrogens is 294 g/mol. The van der Waals surface area contributed by atoms with Crippen LogP contribution < -0.4 is 16.8 Å². The summed E-state index contributed by atoms with van der Waals surface area (Å²) in [5.41, 5.74) is 11.0. The van der Waals surface area contributed by atoms with Crippen LogP contribution in [0.3, 0.4) is 0 Å². The second kappa shape index (κ2) is 16.4. The summed E-state index contributed by atoms with van der Waals surface area (Å²) in [6, 6.07) is 0.963. The highest BCUT2D eigenvalue weighted by atomic mass is 14.9. The maximum atomic E-state index is 5.55. The molecule has 0 saturated carbocycles. The van der Waals surface area contributed by atoms with Crippen LogP contribution in [0.1, 0.15) is 89.0 Å². The van der Waals surface area contributed by atoms with E-state index in [4.69, 9.17) is 11.5 Å². The highest BCUT2D eigenvalue weighted by molar-refractivity contribution is 4.70. The van der Waals surface area contributed by atoms with E-state index in [1.807, 2.05) is 13.8 Å². The molecule has 0 aliphatic rings. The van der Waals surface area contributed by atoms with E-state index in [0.717, 1.165) is 30.8 Å². The molecule has 0 aromatic heterocycles. The lowest BCUT2D eigenvalue weighted by Crippen LogP contribution is -2.28. The van der Waals surface area contributed by atoms with Gasteiger partial charge in [0, 0.05) is 6.04 Å². The van der Waals surface area contributed by atoms with Gasteiger partial charge in [0.2, 0.25) is 0 Å². The van der Waals surface area contributed by atoms with Crippen molar-refractivity contribution in [3.8, 4) is 0 Å². The van der Waals surface area contributed by atoms with Crippen LogP contribution in [0.2, 0.25) is 0 Å². The van der Waals surface area contributed by atoms with Gasteiger partial charge < -0.3 is 16.8 Å². The molecule has 0 bridgehead atoms. The topological polar surface area (TPSA) is 64.1 Å². The molecule has 3 heteroatoms. The van der Waals surface area contributed by atoms with Crippen molar-refractivity contribution >= 4 is 0 Å². The fraction of sp³-hybridized carbons (Fsp3) is 1.00. The standard InChI is InChI=1S/C10H23N.C8H19N.C3H9N/c1-8(2)6-10(5)7-11-9(3)4;1-7(2)5-8(3,4)6-9;1-3(2)4/h8-11H,6-7H2,1-5H3;7H,5-6,9H2,1-4H3;3H,4H2,1-2H3. The Balaban J connectivity index is -0.000000305. The summed E-state index contributed by atoms with van der Waals surface area (Å²) in [6.45, 7) is 26.0. The second-order valence-corrected chi connectivity index (χ2v) is 9.51. The minimum absolute atomic E-state index is 0.333. The molecule has 150 valence electrons. The maximum Gasteiger partial charge on any atom is 0.00104 e. The minimum Gasteiger partial charge on any atom is -0.330 e. The maximum absolute atomic E-state index is 5.55. The molecule has 0 amide bonds. The van der Waals surface area contributed by atoms with Gasteiger partial charge in [-0.25, -0.2) is 0 Å². The Morgan fingerprint density at radius 1 is 0.833 bits per heavy atom. The normalized spacial score (nSPS) is 12.9. The fourth-order valence-corrected chi connectivity index (χ4v) is 2.51. The van der Waals surface area contributed by atoms with E-state index in [9.17, 15) is 0 Å². The molecule has 5 N–H and O–H groups in total. The van der Waals surface area contributed by atoms with Gasteiger partial charge in [0.1, 0.15) is 0 Å². The van der Waals surface area contributed by atoms with Crippen LogP contribution >= 0.6 is 0 Å². The molecule has 3 nitrogen and oxygen atoms in total. The van der Waals surface area contributed by atoms with Gasteiger partial charge in [-0.3, -0.25) is 0 Å². The summed E-state index contributed by atoms with van der Waals surface area (Å²) >= 11 is 0. The summed E-state index contributed by atoms with van der Waals surface area (Å²) in [5.74, 6) is 2.42. The average Bonchev–Trinajstić information content (AvgIpc) is 2.34. The molecule has 0 heterocycles. The van der Waals surface area contributed by atoms with Crippen molar-refractivity contribution in [2.45, 2.75) is 101 Å². The molecule has 1 atom stereocenters. The van der Waals surface area contributed by atoms with Crippen LogP contribution in [0.25, 0.3) is 0 Å². The fourth-order valence-electron chi connectivity index (χ4n) is 2.51. The SMILES string of the molecule is CC(C)CC(C)(C)CN.CC(C)CC(C)CNC(C)C.CC(C)N. The van der Waals surface area contributed by atoms with Crippen LogP contribution in [0, 0.1) is 23.2 Å². The van der Waals surface area contributed by atoms with Crippen molar-refractivity contribution in [3.63, 3.8) is 0 Å². The van der Waals surface area contributed by atoms with Crippen LogP contribution in [0.15, 0.2) is 0 Å². The van der Waals surface area contributed by atoms with Crippen molar-refractivity contribution < 1.29 is 0 Å². The third-order valence-corrected chi connectivity index (χ3v) is 3.26. The van der Waals surface area contributed by atoms with E-state index in [2.05, 4.69) is 67.6 Å². The highest BCUT2D eigenvalue weighted by Crippen LogP contribution is 2.22. The summed E-state index contributed by atoms with van der Waals surface area (Å²) < 4.78 is 0. The van der Waals surface area contributed by atoms with Gasteiger partial charge >= 0.3 is 0 Å². The smallest absolute Gasteiger partial charge is 0.00104 e. The Morgan fingerprint density at radius 2 is 1.25 bits per heavy atom. The number of hydrogen-bond acceptors (Lipinski definition) is 3. The molecule has 0 rings (SSSR count). The van der Waals surface area contributed by atoms with Crippen molar-refractivity contribution in [2.24, 2.45) is 34.6 Å². The van der Waals surface area contributed by atoms with Crippen LogP contribution in [0.5, 0.6) is 0 Å². The van der Waals surface area contributed by atoms with Crippen LogP contribution in [0.4, 0.5) is 0 Å². The van der Waals surface area contributed by atoms with E-state index >= 15 is 0 Å². The van der Waals surface area contributed by atoms with Gasteiger partial charge in [-0.05, 0) is 55.1 Å². The average molecular weight is 346 g/mol. The molecule has 0 aromatic rings. The van der Waals surface area contributed by atoms with E-state index < -0.39 is 0 Å². The first-order chi connectivity index (χ1) is 10.7. The van der Waals surface area contributed by atoms with Gasteiger partial charge in [0.25, 0.3) is 0 Å². The summed E-state index contributed by atoms with van der Waals surface area (Å²) in [6.07, 6.45) is 2.56. The van der Waals surface area contributed by atoms with Gasteiger partial charge in [-0.15, -0.1) is 0 Å². The summed E-state index contributed by atoms with van der Waals surface area (Å²) in [5, 5.41) is 3.45. The zero-order valence-corrected chi connectivity index (χ0v) is 18.9. The number of nitrogens with one attached hydrogen (secondary N) is 1. The van der Waals surface area contributed by atoms with Crippen LogP contribution in [-0.4, -0.2) is 25.2 Å². The van der Waals surface area contributed by atoms with Crippen LogP contribution in [-0.2, 0) is 0 Å². The Labute approximate surface area is 154 Å².